The van der Waals surface area contributed by atoms with E-state index in [1.54, 1.807) is 0 Å². The van der Waals surface area contributed by atoms with Crippen molar-refractivity contribution in [1.82, 2.24) is 0 Å². The molecule has 0 amide bonds. The van der Waals surface area contributed by atoms with Crippen LogP contribution in [0.25, 0.3) is 0 Å². The molecule has 0 aromatic rings. The Labute approximate surface area is 113 Å². The first kappa shape index (κ1) is 13.0. The largest absolute Gasteiger partial charge is 0.327 e. The molecule has 2 N–H and O–H groups in total. The molecular formula is C17H31N. The highest BCUT2D eigenvalue weighted by molar-refractivity contribution is 5.03. The predicted molar refractivity (Wildman–Crippen MR) is 77.3 cm³/mol. The number of hydrogen-bond acceptors (Lipinski definition) is 1. The van der Waals surface area contributed by atoms with E-state index in [1.165, 1.54) is 51.4 Å². The maximum Gasteiger partial charge on any atom is 0.00763 e. The molecule has 3 fully saturated rings. The van der Waals surface area contributed by atoms with Gasteiger partial charge in [0.2, 0.25) is 0 Å². The molecule has 0 aromatic carbocycles. The van der Waals surface area contributed by atoms with Gasteiger partial charge in [-0.1, -0.05) is 20.8 Å². The molecule has 0 spiro atoms. The molecule has 0 saturated heterocycles. The Morgan fingerprint density at radius 2 is 1.44 bits per heavy atom. The van der Waals surface area contributed by atoms with Crippen LogP contribution < -0.4 is 5.73 Å². The van der Waals surface area contributed by atoms with Gasteiger partial charge in [-0.25, -0.2) is 0 Å². The maximum absolute atomic E-state index is 6.16. The van der Waals surface area contributed by atoms with Crippen LogP contribution in [0.3, 0.4) is 0 Å². The average molecular weight is 249 g/mol. The monoisotopic (exact) mass is 249 g/mol. The zero-order chi connectivity index (χ0) is 13.0. The third-order valence-electron chi connectivity index (χ3n) is 6.46. The van der Waals surface area contributed by atoms with E-state index in [9.17, 15) is 0 Å². The summed E-state index contributed by atoms with van der Waals surface area (Å²) in [6.45, 7) is 7.51. The molecule has 18 heavy (non-hydrogen) atoms. The minimum absolute atomic E-state index is 0.524. The molecule has 3 saturated carbocycles. The number of hydrogen-bond donors (Lipinski definition) is 1. The molecule has 0 heterocycles. The molecule has 1 heteroatoms. The van der Waals surface area contributed by atoms with Crippen molar-refractivity contribution < 1.29 is 0 Å². The van der Waals surface area contributed by atoms with E-state index in [0.717, 1.165) is 17.8 Å². The third-order valence-corrected chi connectivity index (χ3v) is 6.46. The van der Waals surface area contributed by atoms with Crippen LogP contribution in [0.4, 0.5) is 0 Å². The van der Waals surface area contributed by atoms with Gasteiger partial charge in [-0.3, -0.25) is 0 Å². The van der Waals surface area contributed by atoms with E-state index >= 15 is 0 Å². The normalized spacial score (nSPS) is 51.3. The highest BCUT2D eigenvalue weighted by Crippen LogP contribution is 2.56. The Hall–Kier alpha value is -0.0400. The summed E-state index contributed by atoms with van der Waals surface area (Å²) >= 11 is 0. The summed E-state index contributed by atoms with van der Waals surface area (Å²) in [4.78, 5) is 0. The molecule has 104 valence electrons. The quantitative estimate of drug-likeness (QED) is 0.734. The second-order valence-corrected chi connectivity index (χ2v) is 8.66. The first-order valence-corrected chi connectivity index (χ1v) is 8.15. The van der Waals surface area contributed by atoms with Crippen LogP contribution in [0.5, 0.6) is 0 Å². The SMILES string of the molecule is CC1(C)CCC2CC2CCC(C)(C2CC2N)CC1. The highest BCUT2D eigenvalue weighted by atomic mass is 14.8. The van der Waals surface area contributed by atoms with Gasteiger partial charge in [0.1, 0.15) is 0 Å². The Bertz CT molecular complexity index is 322. The van der Waals surface area contributed by atoms with Crippen molar-refractivity contribution in [3.8, 4) is 0 Å². The van der Waals surface area contributed by atoms with Crippen LogP contribution in [-0.2, 0) is 0 Å². The summed E-state index contributed by atoms with van der Waals surface area (Å²) in [6.07, 6.45) is 11.5. The Morgan fingerprint density at radius 3 is 2.06 bits per heavy atom. The Kier molecular flexibility index (Phi) is 3.05. The number of nitrogens with two attached hydrogens (primary N) is 1. The van der Waals surface area contributed by atoms with Gasteiger partial charge < -0.3 is 5.73 Å². The molecule has 0 aromatic heterocycles. The van der Waals surface area contributed by atoms with Crippen LogP contribution in [0, 0.1) is 28.6 Å². The van der Waals surface area contributed by atoms with Crippen LogP contribution in [0.2, 0.25) is 0 Å². The van der Waals surface area contributed by atoms with Crippen molar-refractivity contribution in [2.45, 2.75) is 78.2 Å². The van der Waals surface area contributed by atoms with Crippen molar-refractivity contribution >= 4 is 0 Å². The van der Waals surface area contributed by atoms with E-state index in [1.807, 2.05) is 0 Å². The van der Waals surface area contributed by atoms with Gasteiger partial charge in [-0.2, -0.15) is 0 Å². The highest BCUT2D eigenvalue weighted by Gasteiger charge is 2.49. The van der Waals surface area contributed by atoms with Crippen LogP contribution >= 0.6 is 0 Å². The molecule has 0 radical (unpaired) electrons. The van der Waals surface area contributed by atoms with E-state index in [4.69, 9.17) is 5.73 Å². The number of rotatable bonds is 1. The lowest BCUT2D eigenvalue weighted by Crippen LogP contribution is -2.27. The second-order valence-electron chi connectivity index (χ2n) is 8.66. The lowest BCUT2D eigenvalue weighted by molar-refractivity contribution is 0.154. The topological polar surface area (TPSA) is 26.0 Å². The van der Waals surface area contributed by atoms with Gasteiger partial charge >= 0.3 is 0 Å². The summed E-state index contributed by atoms with van der Waals surface area (Å²) in [7, 11) is 0. The third kappa shape index (κ3) is 2.61. The minimum atomic E-state index is 0.524. The molecule has 5 atom stereocenters. The van der Waals surface area contributed by atoms with Gasteiger partial charge in [-0.05, 0) is 80.0 Å². The zero-order valence-electron chi connectivity index (χ0n) is 12.5. The van der Waals surface area contributed by atoms with Gasteiger partial charge in [0.25, 0.3) is 0 Å². The standard InChI is InChI=1S/C17H31N/c1-16(2)6-4-12-10-13(12)5-7-17(3,9-8-16)14-11-15(14)18/h12-15H,4-11,18H2,1-3H3. The molecule has 1 nitrogen and oxygen atoms in total. The smallest absolute Gasteiger partial charge is 0.00763 e. The van der Waals surface area contributed by atoms with Gasteiger partial charge in [0.15, 0.2) is 0 Å². The second kappa shape index (κ2) is 4.23. The van der Waals surface area contributed by atoms with E-state index in [0.29, 0.717) is 16.9 Å². The van der Waals surface area contributed by atoms with Gasteiger partial charge in [0.05, 0.1) is 0 Å². The fraction of sp³-hybridized carbons (Fsp3) is 1.00. The van der Waals surface area contributed by atoms with Crippen LogP contribution in [0.1, 0.15) is 72.1 Å². The molecule has 3 rings (SSSR count). The molecule has 3 aliphatic carbocycles. The van der Waals surface area contributed by atoms with Crippen LogP contribution in [-0.4, -0.2) is 6.04 Å². The maximum atomic E-state index is 6.16. The lowest BCUT2D eigenvalue weighted by Gasteiger charge is -2.36. The van der Waals surface area contributed by atoms with E-state index < -0.39 is 0 Å². The predicted octanol–water partition coefficient (Wildman–Crippen LogP) is 4.36. The summed E-state index contributed by atoms with van der Waals surface area (Å²) in [5.74, 6) is 3.00. The molecule has 3 aliphatic rings. The fourth-order valence-corrected chi connectivity index (χ4v) is 4.37. The number of fused-ring (bicyclic) bond motifs is 1. The van der Waals surface area contributed by atoms with Crippen molar-refractivity contribution in [1.29, 1.82) is 0 Å². The van der Waals surface area contributed by atoms with Gasteiger partial charge in [0, 0.05) is 6.04 Å². The molecule has 0 bridgehead atoms. The summed E-state index contributed by atoms with van der Waals surface area (Å²) < 4.78 is 0. The molecule has 5 unspecified atom stereocenters. The summed E-state index contributed by atoms with van der Waals surface area (Å²) in [5.41, 5.74) is 7.27. The Morgan fingerprint density at radius 1 is 0.833 bits per heavy atom. The lowest BCUT2D eigenvalue weighted by atomic mass is 9.70. The van der Waals surface area contributed by atoms with E-state index in [-0.39, 0.29) is 0 Å². The summed E-state index contributed by atoms with van der Waals surface area (Å²) in [6, 6.07) is 0.524. The Balaban J connectivity index is 1.70. The first-order chi connectivity index (χ1) is 8.40. The summed E-state index contributed by atoms with van der Waals surface area (Å²) in [5, 5.41) is 0. The molecular weight excluding hydrogens is 218 g/mol. The van der Waals surface area contributed by atoms with Crippen molar-refractivity contribution in [3.05, 3.63) is 0 Å². The van der Waals surface area contributed by atoms with Crippen molar-refractivity contribution in [3.63, 3.8) is 0 Å². The van der Waals surface area contributed by atoms with Crippen molar-refractivity contribution in [2.24, 2.45) is 34.3 Å². The fourth-order valence-electron chi connectivity index (χ4n) is 4.37. The molecule has 0 aliphatic heterocycles. The first-order valence-electron chi connectivity index (χ1n) is 8.15. The van der Waals surface area contributed by atoms with Crippen LogP contribution in [0.15, 0.2) is 0 Å². The zero-order valence-corrected chi connectivity index (χ0v) is 12.5. The van der Waals surface area contributed by atoms with Crippen molar-refractivity contribution in [2.75, 3.05) is 0 Å². The average Bonchev–Trinajstić information content (AvgIpc) is 3.18. The van der Waals surface area contributed by atoms with E-state index in [2.05, 4.69) is 20.8 Å². The van der Waals surface area contributed by atoms with Gasteiger partial charge in [-0.15, -0.1) is 0 Å². The minimum Gasteiger partial charge on any atom is -0.327 e.